The molecule has 0 aliphatic rings. The van der Waals surface area contributed by atoms with Crippen molar-refractivity contribution in [1.82, 2.24) is 0 Å². The van der Waals surface area contributed by atoms with Gasteiger partial charge in [-0.15, -0.1) is 11.1 Å². The Labute approximate surface area is 287 Å². The first-order valence-corrected chi connectivity index (χ1v) is 19.8. The van der Waals surface area contributed by atoms with Crippen molar-refractivity contribution in [3.05, 3.63) is 194 Å². The summed E-state index contributed by atoms with van der Waals surface area (Å²) in [6, 6.07) is 46.8. The fraction of sp³-hybridized carbons (Fsp3) is 0.200. The van der Waals surface area contributed by atoms with Crippen molar-refractivity contribution in [3.63, 3.8) is 0 Å². The highest BCUT2D eigenvalue weighted by atomic mass is 35.6. The van der Waals surface area contributed by atoms with Gasteiger partial charge in [0.15, 0.2) is 0 Å². The van der Waals surface area contributed by atoms with Crippen LogP contribution >= 0.6 is 11.1 Å². The minimum absolute atomic E-state index is 0.890. The molecule has 6 rings (SSSR count). The van der Waals surface area contributed by atoms with Gasteiger partial charge in [-0.2, -0.15) is 0 Å². The molecule has 0 atom stereocenters. The number of rotatable bonds is 9. The van der Waals surface area contributed by atoms with Gasteiger partial charge in [0.25, 0.3) is 0 Å². The maximum Gasteiger partial charge on any atom is 0.248 e. The van der Waals surface area contributed by atoms with Crippen LogP contribution in [-0.2, 0) is 19.3 Å². The molecule has 0 aromatic heterocycles. The molecule has 0 saturated heterocycles. The van der Waals surface area contributed by atoms with Crippen LogP contribution in [-0.4, -0.2) is 7.38 Å². The Balaban J connectivity index is 1.62. The van der Waals surface area contributed by atoms with E-state index in [-0.39, 0.29) is 0 Å². The molecule has 0 unspecified atom stereocenters. The molecule has 0 nitrogen and oxygen atoms in total. The van der Waals surface area contributed by atoms with Gasteiger partial charge in [-0.1, -0.05) is 144 Å². The predicted octanol–water partition coefficient (Wildman–Crippen LogP) is 9.52. The van der Waals surface area contributed by atoms with Crippen LogP contribution in [0.2, 0.25) is 0 Å². The van der Waals surface area contributed by atoms with Gasteiger partial charge in [-0.25, -0.2) is 0 Å². The maximum absolute atomic E-state index is 8.61. The van der Waals surface area contributed by atoms with Crippen LogP contribution in [0.4, 0.5) is 0 Å². The molecule has 6 aromatic carbocycles. The van der Waals surface area contributed by atoms with E-state index < -0.39 is 7.38 Å². The lowest BCUT2D eigenvalue weighted by Gasteiger charge is -2.34. The molecule has 0 spiro atoms. The second-order valence-corrected chi connectivity index (χ2v) is 18.1. The number of halogens is 1. The second kappa shape index (κ2) is 13.9. The van der Waals surface area contributed by atoms with E-state index in [9.17, 15) is 0 Å². The van der Waals surface area contributed by atoms with Crippen molar-refractivity contribution in [2.24, 2.45) is 0 Å². The number of hydrogen-bond donors (Lipinski definition) is 0. The van der Waals surface area contributed by atoms with Gasteiger partial charge >= 0.3 is 0 Å². The molecule has 0 aliphatic heterocycles. The van der Waals surface area contributed by atoms with Crippen molar-refractivity contribution in [2.75, 3.05) is 0 Å². The predicted molar refractivity (Wildman–Crippen MR) is 206 cm³/mol. The van der Waals surface area contributed by atoms with Gasteiger partial charge in [0.2, 0.25) is 7.38 Å². The zero-order valence-electron chi connectivity index (χ0n) is 28.6. The molecule has 0 N–H and O–H groups in total. The average molecular weight is 649 g/mol. The summed E-state index contributed by atoms with van der Waals surface area (Å²) in [5.74, 6) is 0. The summed E-state index contributed by atoms with van der Waals surface area (Å²) in [5.41, 5.74) is 15.8. The Bertz CT molecular complexity index is 1780. The van der Waals surface area contributed by atoms with Crippen molar-refractivity contribution < 1.29 is 0 Å². The summed E-state index contributed by atoms with van der Waals surface area (Å²) in [5, 5.41) is 3.93. The van der Waals surface area contributed by atoms with E-state index in [0.717, 1.165) is 19.3 Å². The normalized spacial score (nSPS) is 11.6. The fourth-order valence-electron chi connectivity index (χ4n) is 7.31. The van der Waals surface area contributed by atoms with E-state index in [1.807, 2.05) is 0 Å². The minimum atomic E-state index is -3.08. The number of aryl methyl sites for hydroxylation is 3. The fourth-order valence-corrected chi connectivity index (χ4v) is 13.3. The zero-order chi connectivity index (χ0) is 33.1. The van der Waals surface area contributed by atoms with Crippen molar-refractivity contribution in [3.8, 4) is 0 Å². The van der Waals surface area contributed by atoms with Crippen LogP contribution < -0.4 is 15.6 Å². The lowest BCUT2D eigenvalue weighted by atomic mass is 9.98. The minimum Gasteiger partial charge on any atom is -0.149 e. The highest BCUT2D eigenvalue weighted by molar-refractivity contribution is 7.40. The molecule has 0 radical (unpaired) electrons. The standard InChI is InChI=1S/C45H45ClSi/c1-31-22-40(28-37-16-10-7-11-17-37)34(4)43(25-31)47(46,44-26-32(2)23-41(35(44)5)29-38-18-12-8-13-19-38)45-27-33(3)24-42(36(45)6)30-39-20-14-9-15-21-39/h7-27H,28-30H2,1-6H3. The van der Waals surface area contributed by atoms with E-state index in [1.165, 1.54) is 82.3 Å². The largest absolute Gasteiger partial charge is 0.248 e. The molecular formula is C45H45ClSi. The van der Waals surface area contributed by atoms with Gasteiger partial charge in [-0.05, 0) is 126 Å². The first-order chi connectivity index (χ1) is 22.6. The Morgan fingerprint density at radius 1 is 0.383 bits per heavy atom. The van der Waals surface area contributed by atoms with Crippen LogP contribution in [0.3, 0.4) is 0 Å². The van der Waals surface area contributed by atoms with Crippen LogP contribution in [0.5, 0.6) is 0 Å². The molecule has 0 saturated carbocycles. The van der Waals surface area contributed by atoms with E-state index >= 15 is 0 Å². The Morgan fingerprint density at radius 3 is 0.894 bits per heavy atom. The Hall–Kier alpha value is -4.17. The first kappa shape index (κ1) is 32.8. The molecule has 0 heterocycles. The summed E-state index contributed by atoms with van der Waals surface area (Å²) >= 11 is 8.61. The van der Waals surface area contributed by atoms with Crippen LogP contribution in [0.15, 0.2) is 127 Å². The van der Waals surface area contributed by atoms with Crippen molar-refractivity contribution >= 4 is 34.0 Å². The van der Waals surface area contributed by atoms with Crippen molar-refractivity contribution in [2.45, 2.75) is 60.8 Å². The summed E-state index contributed by atoms with van der Waals surface area (Å²) in [7, 11) is -3.08. The monoisotopic (exact) mass is 648 g/mol. The molecule has 0 bridgehead atoms. The number of benzene rings is 6. The van der Waals surface area contributed by atoms with Crippen LogP contribution in [0.1, 0.15) is 66.8 Å². The topological polar surface area (TPSA) is 0 Å². The van der Waals surface area contributed by atoms with Gasteiger partial charge in [-0.3, -0.25) is 0 Å². The third kappa shape index (κ3) is 6.93. The molecule has 0 fully saturated rings. The maximum atomic E-state index is 8.61. The quantitative estimate of drug-likeness (QED) is 0.0832. The molecule has 236 valence electrons. The zero-order valence-corrected chi connectivity index (χ0v) is 30.4. The first-order valence-electron chi connectivity index (χ1n) is 16.8. The van der Waals surface area contributed by atoms with E-state index in [4.69, 9.17) is 11.1 Å². The average Bonchev–Trinajstić information content (AvgIpc) is 3.06. The molecular weight excluding hydrogens is 604 g/mol. The number of hydrogen-bond acceptors (Lipinski definition) is 0. The Morgan fingerprint density at radius 2 is 0.638 bits per heavy atom. The molecule has 47 heavy (non-hydrogen) atoms. The summed E-state index contributed by atoms with van der Waals surface area (Å²) in [4.78, 5) is 0. The SMILES string of the molecule is Cc1cc(Cc2ccccc2)c(C)c([Si](Cl)(c2cc(C)cc(Cc3ccccc3)c2C)c2cc(C)cc(Cc3ccccc3)c2C)c1. The van der Waals surface area contributed by atoms with E-state index in [1.54, 1.807) is 0 Å². The van der Waals surface area contributed by atoms with Gasteiger partial charge in [0.1, 0.15) is 0 Å². The smallest absolute Gasteiger partial charge is 0.149 e. The van der Waals surface area contributed by atoms with Gasteiger partial charge in [0, 0.05) is 0 Å². The summed E-state index contributed by atoms with van der Waals surface area (Å²) < 4.78 is 0. The molecule has 6 aromatic rings. The molecule has 0 amide bonds. The molecule has 0 aliphatic carbocycles. The third-order valence-corrected chi connectivity index (χ3v) is 15.4. The highest BCUT2D eigenvalue weighted by Gasteiger charge is 2.43. The Kier molecular flexibility index (Phi) is 9.69. The summed E-state index contributed by atoms with van der Waals surface area (Å²) in [6.45, 7) is 13.6. The van der Waals surface area contributed by atoms with Crippen LogP contribution in [0.25, 0.3) is 0 Å². The van der Waals surface area contributed by atoms with E-state index in [2.05, 4.69) is 169 Å². The molecule has 2 heteroatoms. The van der Waals surface area contributed by atoms with Crippen molar-refractivity contribution in [1.29, 1.82) is 0 Å². The van der Waals surface area contributed by atoms with Gasteiger partial charge < -0.3 is 0 Å². The lowest BCUT2D eigenvalue weighted by molar-refractivity contribution is 1.15. The van der Waals surface area contributed by atoms with E-state index in [0.29, 0.717) is 0 Å². The van der Waals surface area contributed by atoms with Gasteiger partial charge in [0.05, 0.1) is 0 Å². The third-order valence-electron chi connectivity index (χ3n) is 9.80. The lowest BCUT2D eigenvalue weighted by Crippen LogP contribution is -2.65. The highest BCUT2D eigenvalue weighted by Crippen LogP contribution is 2.27. The second-order valence-electron chi connectivity index (χ2n) is 13.4. The summed E-state index contributed by atoms with van der Waals surface area (Å²) in [6.07, 6.45) is 2.67. The van der Waals surface area contributed by atoms with Crippen LogP contribution in [0, 0.1) is 41.5 Å².